The molecule has 8 aromatic rings. The Morgan fingerprint density at radius 3 is 2.33 bits per heavy atom. The van der Waals surface area contributed by atoms with Crippen LogP contribution in [0, 0.1) is 0 Å². The highest BCUT2D eigenvalue weighted by atomic mass is 16.5. The van der Waals surface area contributed by atoms with E-state index in [2.05, 4.69) is 94.2 Å². The maximum absolute atomic E-state index is 6.19. The molecule has 39 heavy (non-hydrogen) atoms. The standard InChI is InChI=1S/C34H20N4O/c1-2-9-21(10-3-1)38-28-14-6-4-11-22(28)23-17-18-27-24(33(23)38)19-20-37(27)34-35-26-13-8-16-30-31(26)32(36-34)25-12-5-7-15-29(25)39-30/h1-20H. The second-order valence-corrected chi connectivity index (χ2v) is 9.89. The van der Waals surface area contributed by atoms with Crippen LogP contribution >= 0.6 is 0 Å². The van der Waals surface area contributed by atoms with E-state index in [1.807, 2.05) is 36.4 Å². The Bertz CT molecular complexity index is 2260. The summed E-state index contributed by atoms with van der Waals surface area (Å²) in [7, 11) is 0. The third-order valence-corrected chi connectivity index (χ3v) is 7.77. The lowest BCUT2D eigenvalue weighted by Gasteiger charge is -2.20. The average Bonchev–Trinajstić information content (AvgIpc) is 3.57. The van der Waals surface area contributed by atoms with Gasteiger partial charge in [-0.1, -0.05) is 60.7 Å². The maximum atomic E-state index is 6.19. The second-order valence-electron chi connectivity index (χ2n) is 9.89. The van der Waals surface area contributed by atoms with Gasteiger partial charge in [-0.05, 0) is 54.6 Å². The van der Waals surface area contributed by atoms with E-state index in [1.54, 1.807) is 0 Å². The van der Waals surface area contributed by atoms with Crippen LogP contribution in [-0.4, -0.2) is 19.1 Å². The molecule has 4 heterocycles. The van der Waals surface area contributed by atoms with Crippen LogP contribution in [-0.2, 0) is 0 Å². The van der Waals surface area contributed by atoms with Gasteiger partial charge in [-0.25, -0.2) is 9.97 Å². The fourth-order valence-corrected chi connectivity index (χ4v) is 6.09. The molecule has 0 spiro atoms. The Kier molecular flexibility index (Phi) is 3.99. The molecular weight excluding hydrogens is 480 g/mol. The first-order valence-corrected chi connectivity index (χ1v) is 13.0. The smallest absolute Gasteiger partial charge is 0.235 e. The Hall–Kier alpha value is -5.42. The van der Waals surface area contributed by atoms with Crippen molar-refractivity contribution in [3.63, 3.8) is 0 Å². The molecule has 5 nitrogen and oxygen atoms in total. The first-order valence-electron chi connectivity index (χ1n) is 13.0. The SMILES string of the molecule is c1ccc(-n2c3ccccc3c3ccc4c(ccn4-c4nc5c6c(cccc6n4)Oc4ccccc4-5)c32)cc1. The molecule has 9 rings (SSSR count). The molecule has 0 N–H and O–H groups in total. The van der Waals surface area contributed by atoms with E-state index < -0.39 is 0 Å². The maximum Gasteiger partial charge on any atom is 0.235 e. The summed E-state index contributed by atoms with van der Waals surface area (Å²) in [6.07, 6.45) is 2.08. The van der Waals surface area contributed by atoms with Gasteiger partial charge in [0.25, 0.3) is 0 Å². The quantitative estimate of drug-likeness (QED) is 0.239. The molecule has 0 radical (unpaired) electrons. The van der Waals surface area contributed by atoms with Crippen LogP contribution in [0.4, 0.5) is 0 Å². The van der Waals surface area contributed by atoms with Crippen molar-refractivity contribution in [2.45, 2.75) is 0 Å². The average molecular weight is 501 g/mol. The number of fused-ring (bicyclic) bond motifs is 7. The van der Waals surface area contributed by atoms with Crippen LogP contribution in [0.15, 0.2) is 121 Å². The van der Waals surface area contributed by atoms with E-state index in [-0.39, 0.29) is 0 Å². The summed E-state index contributed by atoms with van der Waals surface area (Å²) in [5.74, 6) is 2.25. The normalized spacial score (nSPS) is 12.3. The lowest BCUT2D eigenvalue weighted by molar-refractivity contribution is 0.486. The van der Waals surface area contributed by atoms with Crippen LogP contribution < -0.4 is 4.74 Å². The second kappa shape index (κ2) is 7.55. The summed E-state index contributed by atoms with van der Waals surface area (Å²) in [5, 5.41) is 4.57. The van der Waals surface area contributed by atoms with E-state index >= 15 is 0 Å². The number of ether oxygens (including phenoxy) is 1. The number of rotatable bonds is 2. The number of para-hydroxylation sites is 3. The van der Waals surface area contributed by atoms with Crippen molar-refractivity contribution in [3.8, 4) is 34.4 Å². The van der Waals surface area contributed by atoms with Crippen molar-refractivity contribution in [1.29, 1.82) is 0 Å². The Morgan fingerprint density at radius 1 is 0.564 bits per heavy atom. The zero-order chi connectivity index (χ0) is 25.5. The molecule has 5 aromatic carbocycles. The molecule has 0 aliphatic carbocycles. The first-order chi connectivity index (χ1) is 19.3. The van der Waals surface area contributed by atoms with Crippen molar-refractivity contribution in [2.75, 3.05) is 0 Å². The minimum absolute atomic E-state index is 0.642. The third kappa shape index (κ3) is 2.79. The summed E-state index contributed by atoms with van der Waals surface area (Å²) in [6.45, 7) is 0. The number of aromatic nitrogens is 4. The summed E-state index contributed by atoms with van der Waals surface area (Å²) in [4.78, 5) is 10.1. The largest absolute Gasteiger partial charge is 0.456 e. The van der Waals surface area contributed by atoms with Gasteiger partial charge in [0.15, 0.2) is 0 Å². The molecule has 182 valence electrons. The van der Waals surface area contributed by atoms with Gasteiger partial charge in [0.05, 0.1) is 33.1 Å². The topological polar surface area (TPSA) is 44.9 Å². The number of hydrogen-bond donors (Lipinski definition) is 0. The molecule has 0 saturated carbocycles. The molecule has 0 atom stereocenters. The van der Waals surface area contributed by atoms with Gasteiger partial charge >= 0.3 is 0 Å². The monoisotopic (exact) mass is 500 g/mol. The predicted molar refractivity (Wildman–Crippen MR) is 156 cm³/mol. The van der Waals surface area contributed by atoms with Gasteiger partial charge in [0.1, 0.15) is 11.5 Å². The van der Waals surface area contributed by atoms with E-state index in [4.69, 9.17) is 14.7 Å². The number of nitrogens with zero attached hydrogens (tertiary/aromatic N) is 4. The fraction of sp³-hybridized carbons (Fsp3) is 0. The molecule has 5 heteroatoms. The summed E-state index contributed by atoms with van der Waals surface area (Å²) in [6, 6.07) is 39.8. The molecule has 3 aromatic heterocycles. The van der Waals surface area contributed by atoms with E-state index in [0.717, 1.165) is 50.2 Å². The molecule has 1 aliphatic heterocycles. The number of hydrogen-bond acceptors (Lipinski definition) is 3. The number of benzene rings is 5. The van der Waals surface area contributed by atoms with Gasteiger partial charge in [0, 0.05) is 33.6 Å². The fourth-order valence-electron chi connectivity index (χ4n) is 6.09. The zero-order valence-electron chi connectivity index (χ0n) is 20.7. The van der Waals surface area contributed by atoms with Crippen LogP contribution in [0.5, 0.6) is 11.5 Å². The first kappa shape index (κ1) is 20.6. The van der Waals surface area contributed by atoms with Crippen LogP contribution in [0.1, 0.15) is 0 Å². The summed E-state index contributed by atoms with van der Waals surface area (Å²) >= 11 is 0. The summed E-state index contributed by atoms with van der Waals surface area (Å²) in [5.41, 5.74) is 7.31. The van der Waals surface area contributed by atoms with Crippen molar-refractivity contribution in [1.82, 2.24) is 19.1 Å². The van der Waals surface area contributed by atoms with Crippen LogP contribution in [0.3, 0.4) is 0 Å². The lowest BCUT2D eigenvalue weighted by atomic mass is 10.0. The van der Waals surface area contributed by atoms with Gasteiger partial charge in [-0.2, -0.15) is 0 Å². The van der Waals surface area contributed by atoms with Crippen LogP contribution in [0.25, 0.3) is 66.5 Å². The van der Waals surface area contributed by atoms with Crippen LogP contribution in [0.2, 0.25) is 0 Å². The van der Waals surface area contributed by atoms with Gasteiger partial charge in [0.2, 0.25) is 5.95 Å². The van der Waals surface area contributed by atoms with Crippen molar-refractivity contribution < 1.29 is 4.74 Å². The van der Waals surface area contributed by atoms with E-state index in [1.165, 1.54) is 21.8 Å². The minimum Gasteiger partial charge on any atom is -0.456 e. The molecule has 0 saturated heterocycles. The molecule has 0 unspecified atom stereocenters. The Balaban J connectivity index is 1.36. The van der Waals surface area contributed by atoms with Crippen molar-refractivity contribution >= 4 is 43.6 Å². The highest BCUT2D eigenvalue weighted by Crippen LogP contribution is 2.45. The zero-order valence-corrected chi connectivity index (χ0v) is 20.7. The molecule has 1 aliphatic rings. The van der Waals surface area contributed by atoms with Gasteiger partial charge in [-0.3, -0.25) is 4.57 Å². The Labute approximate surface area is 223 Å². The Morgan fingerprint density at radius 2 is 1.38 bits per heavy atom. The predicted octanol–water partition coefficient (Wildman–Crippen LogP) is 8.44. The third-order valence-electron chi connectivity index (χ3n) is 7.77. The molecular formula is C34H20N4O. The molecule has 0 bridgehead atoms. The summed E-state index contributed by atoms with van der Waals surface area (Å²) < 4.78 is 10.7. The van der Waals surface area contributed by atoms with Gasteiger partial charge < -0.3 is 9.30 Å². The van der Waals surface area contributed by atoms with E-state index in [0.29, 0.717) is 5.95 Å². The minimum atomic E-state index is 0.642. The highest BCUT2D eigenvalue weighted by Gasteiger charge is 2.24. The molecule has 0 amide bonds. The van der Waals surface area contributed by atoms with Crippen molar-refractivity contribution in [3.05, 3.63) is 121 Å². The van der Waals surface area contributed by atoms with Crippen molar-refractivity contribution in [2.24, 2.45) is 0 Å². The lowest BCUT2D eigenvalue weighted by Crippen LogP contribution is -2.06. The highest BCUT2D eigenvalue weighted by molar-refractivity contribution is 6.18. The van der Waals surface area contributed by atoms with Gasteiger partial charge in [-0.15, -0.1) is 0 Å². The molecule has 0 fully saturated rings. The van der Waals surface area contributed by atoms with E-state index in [9.17, 15) is 0 Å².